The van der Waals surface area contributed by atoms with Gasteiger partial charge in [-0.2, -0.15) is 37.3 Å². The third-order valence-corrected chi connectivity index (χ3v) is 6.01. The molecule has 8 nitrogen and oxygen atoms in total. The van der Waals surface area contributed by atoms with Crippen LogP contribution in [0.2, 0.25) is 0 Å². The first kappa shape index (κ1) is 23.8. The molecule has 0 radical (unpaired) electrons. The van der Waals surface area contributed by atoms with E-state index in [0.29, 0.717) is 27.9 Å². The lowest BCUT2D eigenvalue weighted by molar-refractivity contribution is -0.0934. The molecular formula is C23H18F5N7O. The number of halogens is 5. The fourth-order valence-corrected chi connectivity index (χ4v) is 4.20. The van der Waals surface area contributed by atoms with Crippen molar-refractivity contribution in [2.45, 2.75) is 45.2 Å². The summed E-state index contributed by atoms with van der Waals surface area (Å²) >= 11 is 0. The van der Waals surface area contributed by atoms with Crippen LogP contribution in [0, 0.1) is 18.3 Å². The summed E-state index contributed by atoms with van der Waals surface area (Å²) in [6, 6.07) is 3.53. The van der Waals surface area contributed by atoms with Crippen LogP contribution in [0.5, 0.6) is 0 Å². The highest BCUT2D eigenvalue weighted by Crippen LogP contribution is 2.41. The van der Waals surface area contributed by atoms with Gasteiger partial charge in [-0.25, -0.2) is 14.6 Å². The van der Waals surface area contributed by atoms with Crippen LogP contribution in [-0.4, -0.2) is 50.1 Å². The van der Waals surface area contributed by atoms with Crippen LogP contribution in [0.3, 0.4) is 0 Å². The van der Waals surface area contributed by atoms with Gasteiger partial charge in [0.2, 0.25) is 5.95 Å². The molecule has 36 heavy (non-hydrogen) atoms. The van der Waals surface area contributed by atoms with Crippen molar-refractivity contribution < 1.29 is 26.7 Å². The van der Waals surface area contributed by atoms with E-state index in [0.717, 1.165) is 0 Å². The number of pyridine rings is 1. The Kier molecular flexibility index (Phi) is 5.73. The van der Waals surface area contributed by atoms with Crippen LogP contribution in [0.4, 0.5) is 27.9 Å². The number of rotatable bonds is 4. The molecule has 1 saturated heterocycles. The van der Waals surface area contributed by atoms with Crippen molar-refractivity contribution in [3.8, 4) is 6.07 Å². The molecule has 13 heteroatoms. The molecule has 4 heterocycles. The third kappa shape index (κ3) is 4.29. The van der Waals surface area contributed by atoms with E-state index in [1.807, 2.05) is 6.07 Å². The van der Waals surface area contributed by atoms with E-state index in [4.69, 9.17) is 4.74 Å². The maximum absolute atomic E-state index is 13.1. The molecule has 1 fully saturated rings. The van der Waals surface area contributed by atoms with E-state index in [2.05, 4.69) is 25.8 Å². The van der Waals surface area contributed by atoms with Crippen molar-refractivity contribution in [1.29, 1.82) is 5.26 Å². The lowest BCUT2D eigenvalue weighted by Crippen LogP contribution is -2.43. The average molecular weight is 503 g/mol. The van der Waals surface area contributed by atoms with Crippen LogP contribution in [-0.2, 0) is 4.74 Å². The van der Waals surface area contributed by atoms with Gasteiger partial charge in [0.25, 0.3) is 0 Å². The topological polar surface area (TPSA) is 92.8 Å². The molecule has 2 unspecified atom stereocenters. The number of alkyl halides is 5. The average Bonchev–Trinajstić information content (AvgIpc) is 3.27. The molecule has 0 spiro atoms. The highest BCUT2D eigenvalue weighted by Gasteiger charge is 2.39. The largest absolute Gasteiger partial charge is 0.420 e. The fraction of sp³-hybridized carbons (Fsp3) is 0.391. The Morgan fingerprint density at radius 2 is 1.97 bits per heavy atom. The zero-order chi connectivity index (χ0) is 25.8. The Morgan fingerprint density at radius 1 is 1.22 bits per heavy atom. The monoisotopic (exact) mass is 503 g/mol. The molecule has 0 N–H and O–H groups in total. The summed E-state index contributed by atoms with van der Waals surface area (Å²) in [5, 5.41) is 13.4. The lowest BCUT2D eigenvalue weighted by Gasteiger charge is -2.36. The quantitative estimate of drug-likeness (QED) is 0.378. The second-order valence-corrected chi connectivity index (χ2v) is 8.60. The van der Waals surface area contributed by atoms with Crippen LogP contribution in [0.15, 0.2) is 29.8 Å². The summed E-state index contributed by atoms with van der Waals surface area (Å²) in [5.41, 5.74) is 3.36. The molecule has 1 aliphatic heterocycles. The number of anilines is 1. The van der Waals surface area contributed by atoms with Gasteiger partial charge >= 0.3 is 12.7 Å². The normalized spacial score (nSPS) is 20.2. The SMILES string of the molecule is Cc1nc2nc(N3CC(C)OC(c4cnn(C(F)F)c4)C3)nc(C3=C=C(C(F)(F)F)C3)c2cc1C#N. The summed E-state index contributed by atoms with van der Waals surface area (Å²) in [6.07, 6.45) is -3.31. The van der Waals surface area contributed by atoms with Crippen molar-refractivity contribution in [3.63, 3.8) is 0 Å². The van der Waals surface area contributed by atoms with E-state index in [1.165, 1.54) is 18.5 Å². The molecule has 3 aromatic heterocycles. The Bertz CT molecular complexity index is 1470. The minimum atomic E-state index is -4.49. The molecule has 2 atom stereocenters. The van der Waals surface area contributed by atoms with Gasteiger partial charge in [-0.05, 0) is 19.9 Å². The van der Waals surface area contributed by atoms with E-state index < -0.39 is 24.4 Å². The van der Waals surface area contributed by atoms with Gasteiger partial charge in [0.15, 0.2) is 5.65 Å². The number of fused-ring (bicyclic) bond motifs is 1. The summed E-state index contributed by atoms with van der Waals surface area (Å²) in [5.74, 6) is 0.199. The Balaban J connectivity index is 1.59. The zero-order valence-electron chi connectivity index (χ0n) is 19.0. The fourth-order valence-electron chi connectivity index (χ4n) is 4.20. The molecule has 0 saturated carbocycles. The zero-order valence-corrected chi connectivity index (χ0v) is 19.0. The molecule has 0 bridgehead atoms. The van der Waals surface area contributed by atoms with Crippen molar-refractivity contribution in [1.82, 2.24) is 24.7 Å². The second kappa shape index (κ2) is 8.65. The van der Waals surface area contributed by atoms with Gasteiger partial charge in [0, 0.05) is 35.7 Å². The predicted octanol–water partition coefficient (Wildman–Crippen LogP) is 4.64. The number of aryl methyl sites for hydroxylation is 1. The van der Waals surface area contributed by atoms with E-state index in [9.17, 15) is 27.2 Å². The maximum atomic E-state index is 13.1. The Labute approximate surface area is 201 Å². The predicted molar refractivity (Wildman–Crippen MR) is 117 cm³/mol. The van der Waals surface area contributed by atoms with E-state index in [-0.39, 0.29) is 47.5 Å². The maximum Gasteiger partial charge on any atom is 0.420 e. The highest BCUT2D eigenvalue weighted by atomic mass is 19.4. The molecule has 2 aliphatic rings. The minimum Gasteiger partial charge on any atom is -0.367 e. The Hall–Kier alpha value is -3.88. The molecule has 186 valence electrons. The number of aromatic nitrogens is 5. The van der Waals surface area contributed by atoms with Gasteiger partial charge in [0.1, 0.15) is 12.2 Å². The molecular weight excluding hydrogens is 485 g/mol. The van der Waals surface area contributed by atoms with Gasteiger partial charge in [-0.1, -0.05) is 0 Å². The summed E-state index contributed by atoms with van der Waals surface area (Å²) in [4.78, 5) is 15.2. The van der Waals surface area contributed by atoms with Crippen LogP contribution >= 0.6 is 0 Å². The summed E-state index contributed by atoms with van der Waals surface area (Å²) in [7, 11) is 0. The van der Waals surface area contributed by atoms with Crippen molar-refractivity contribution in [2.75, 3.05) is 18.0 Å². The standard InChI is InChI=1S/C23H18F5N7O/c1-11-8-34(10-18(36-11)15-7-30-35(9-15)21(24)25)22-32-19(13-3-16(4-13)23(26,27)28)17-5-14(6-29)12(2)31-20(17)33-22/h5,7,9,11,18,21H,3,8,10H2,1-2H3. The van der Waals surface area contributed by atoms with Gasteiger partial charge in [0.05, 0.1) is 41.4 Å². The van der Waals surface area contributed by atoms with Crippen molar-refractivity contribution in [3.05, 3.63) is 52.3 Å². The number of hydrogen-bond acceptors (Lipinski definition) is 7. The lowest BCUT2D eigenvalue weighted by atomic mass is 9.92. The number of nitriles is 1. The number of nitrogens with zero attached hydrogens (tertiary/aromatic N) is 7. The Morgan fingerprint density at radius 3 is 2.61 bits per heavy atom. The summed E-state index contributed by atoms with van der Waals surface area (Å²) in [6.45, 7) is 1.19. The van der Waals surface area contributed by atoms with Gasteiger partial charge in [-0.15, -0.1) is 5.73 Å². The smallest absolute Gasteiger partial charge is 0.367 e. The first-order valence-electron chi connectivity index (χ1n) is 10.9. The number of morpholine rings is 1. The van der Waals surface area contributed by atoms with Crippen molar-refractivity contribution in [2.24, 2.45) is 0 Å². The number of allylic oxidation sites excluding steroid dienone is 1. The first-order chi connectivity index (χ1) is 17.0. The van der Waals surface area contributed by atoms with E-state index >= 15 is 0 Å². The van der Waals surface area contributed by atoms with E-state index in [1.54, 1.807) is 18.7 Å². The highest BCUT2D eigenvalue weighted by molar-refractivity contribution is 5.91. The van der Waals surface area contributed by atoms with Crippen LogP contribution in [0.25, 0.3) is 16.6 Å². The summed E-state index contributed by atoms with van der Waals surface area (Å²) < 4.78 is 71.6. The molecule has 0 amide bonds. The molecule has 5 rings (SSSR count). The molecule has 1 aliphatic carbocycles. The van der Waals surface area contributed by atoms with Crippen LogP contribution < -0.4 is 4.90 Å². The second-order valence-electron chi connectivity index (χ2n) is 8.60. The number of hydrogen-bond donors (Lipinski definition) is 0. The van der Waals surface area contributed by atoms with Crippen LogP contribution in [0.1, 0.15) is 48.5 Å². The third-order valence-electron chi connectivity index (χ3n) is 6.01. The number of ether oxygens (including phenoxy) is 1. The van der Waals surface area contributed by atoms with Gasteiger partial charge < -0.3 is 9.64 Å². The molecule has 3 aromatic rings. The van der Waals surface area contributed by atoms with Gasteiger partial charge in [-0.3, -0.25) is 0 Å². The molecule has 0 aromatic carbocycles. The van der Waals surface area contributed by atoms with Crippen molar-refractivity contribution >= 4 is 22.6 Å². The first-order valence-corrected chi connectivity index (χ1v) is 10.9. The minimum absolute atomic E-state index is 0.197.